The first-order valence-electron chi connectivity index (χ1n) is 6.65. The number of nitrogens with zero attached hydrogens (tertiary/aromatic N) is 1. The molecule has 0 saturated heterocycles. The summed E-state index contributed by atoms with van der Waals surface area (Å²) in [6, 6.07) is 8.26. The highest BCUT2D eigenvalue weighted by atomic mass is 32.2. The number of pyridine rings is 1. The summed E-state index contributed by atoms with van der Waals surface area (Å²) in [4.78, 5) is 5.15. The summed E-state index contributed by atoms with van der Waals surface area (Å²) in [6.07, 6.45) is 3.44. The van der Waals surface area contributed by atoms with Crippen LogP contribution in [0.5, 0.6) is 5.75 Å². The number of thioether (sulfide) groups is 1. The number of rotatable bonds is 7. The molecule has 0 saturated carbocycles. The SMILES string of the molecule is CCOc1cncc(C(CSc2ccc(F)cc2)NN)c1. The number of aromatic nitrogens is 1. The van der Waals surface area contributed by atoms with E-state index in [9.17, 15) is 4.39 Å². The van der Waals surface area contributed by atoms with Crippen LogP contribution in [0, 0.1) is 5.82 Å². The Labute approximate surface area is 127 Å². The van der Waals surface area contributed by atoms with Crippen LogP contribution in [0.3, 0.4) is 0 Å². The van der Waals surface area contributed by atoms with E-state index in [1.54, 1.807) is 36.3 Å². The fraction of sp³-hybridized carbons (Fsp3) is 0.267. The van der Waals surface area contributed by atoms with Gasteiger partial charge < -0.3 is 4.74 Å². The molecule has 0 aliphatic carbocycles. The van der Waals surface area contributed by atoms with Crippen LogP contribution in [-0.4, -0.2) is 17.3 Å². The largest absolute Gasteiger partial charge is 0.492 e. The van der Waals surface area contributed by atoms with Crippen LogP contribution < -0.4 is 16.0 Å². The third-order valence-corrected chi connectivity index (χ3v) is 3.98. The molecule has 2 aromatic rings. The topological polar surface area (TPSA) is 60.2 Å². The summed E-state index contributed by atoms with van der Waals surface area (Å²) >= 11 is 1.60. The summed E-state index contributed by atoms with van der Waals surface area (Å²) < 4.78 is 18.3. The molecule has 0 bridgehead atoms. The van der Waals surface area contributed by atoms with Crippen molar-refractivity contribution in [3.8, 4) is 5.75 Å². The average Bonchev–Trinajstić information content (AvgIpc) is 2.50. The van der Waals surface area contributed by atoms with Gasteiger partial charge in [0, 0.05) is 16.8 Å². The maximum absolute atomic E-state index is 12.9. The lowest BCUT2D eigenvalue weighted by atomic mass is 10.1. The van der Waals surface area contributed by atoms with Crippen molar-refractivity contribution in [1.82, 2.24) is 10.4 Å². The van der Waals surface area contributed by atoms with Crippen molar-refractivity contribution in [3.63, 3.8) is 0 Å². The van der Waals surface area contributed by atoms with Gasteiger partial charge in [-0.2, -0.15) is 0 Å². The van der Waals surface area contributed by atoms with Crippen molar-refractivity contribution in [2.75, 3.05) is 12.4 Å². The van der Waals surface area contributed by atoms with Gasteiger partial charge in [0.1, 0.15) is 11.6 Å². The van der Waals surface area contributed by atoms with E-state index >= 15 is 0 Å². The Kier molecular flexibility index (Phi) is 5.98. The lowest BCUT2D eigenvalue weighted by Crippen LogP contribution is -2.29. The molecular formula is C15H18FN3OS. The second kappa shape index (κ2) is 7.97. The maximum Gasteiger partial charge on any atom is 0.137 e. The third-order valence-electron chi connectivity index (χ3n) is 2.88. The number of nitrogens with two attached hydrogens (primary N) is 1. The number of hydrazine groups is 1. The minimum absolute atomic E-state index is 0.0621. The zero-order valence-electron chi connectivity index (χ0n) is 11.8. The fourth-order valence-electron chi connectivity index (χ4n) is 1.82. The molecule has 0 aliphatic heterocycles. The summed E-state index contributed by atoms with van der Waals surface area (Å²) in [6.45, 7) is 2.52. The first kappa shape index (κ1) is 15.8. The lowest BCUT2D eigenvalue weighted by molar-refractivity contribution is 0.338. The van der Waals surface area contributed by atoms with Gasteiger partial charge in [0.05, 0.1) is 18.8 Å². The Morgan fingerprint density at radius 3 is 2.76 bits per heavy atom. The lowest BCUT2D eigenvalue weighted by Gasteiger charge is -2.16. The van der Waals surface area contributed by atoms with Crippen LogP contribution in [0.2, 0.25) is 0 Å². The first-order chi connectivity index (χ1) is 10.2. The Morgan fingerprint density at radius 1 is 1.33 bits per heavy atom. The molecule has 112 valence electrons. The summed E-state index contributed by atoms with van der Waals surface area (Å²) in [5, 5.41) is 0. The molecule has 1 atom stereocenters. The van der Waals surface area contributed by atoms with Gasteiger partial charge in [-0.05, 0) is 42.8 Å². The highest BCUT2D eigenvalue weighted by Gasteiger charge is 2.12. The molecule has 1 heterocycles. The van der Waals surface area contributed by atoms with Gasteiger partial charge in [-0.25, -0.2) is 4.39 Å². The van der Waals surface area contributed by atoms with Crippen molar-refractivity contribution in [3.05, 3.63) is 54.1 Å². The minimum atomic E-state index is -0.235. The molecule has 6 heteroatoms. The normalized spacial score (nSPS) is 12.1. The number of ether oxygens (including phenoxy) is 1. The highest BCUT2D eigenvalue weighted by molar-refractivity contribution is 7.99. The molecule has 0 fully saturated rings. The van der Waals surface area contributed by atoms with Crippen molar-refractivity contribution in [2.24, 2.45) is 5.84 Å². The molecule has 1 aromatic carbocycles. The van der Waals surface area contributed by atoms with Crippen molar-refractivity contribution < 1.29 is 9.13 Å². The number of hydrogen-bond acceptors (Lipinski definition) is 5. The molecular weight excluding hydrogens is 289 g/mol. The Hall–Kier alpha value is -1.63. The van der Waals surface area contributed by atoms with E-state index in [-0.39, 0.29) is 11.9 Å². The molecule has 2 rings (SSSR count). The van der Waals surface area contributed by atoms with E-state index in [4.69, 9.17) is 10.6 Å². The van der Waals surface area contributed by atoms with E-state index < -0.39 is 0 Å². The Balaban J connectivity index is 2.02. The number of hydrogen-bond donors (Lipinski definition) is 2. The monoisotopic (exact) mass is 307 g/mol. The smallest absolute Gasteiger partial charge is 0.137 e. The van der Waals surface area contributed by atoms with E-state index in [0.717, 1.165) is 16.2 Å². The second-order valence-electron chi connectivity index (χ2n) is 4.37. The first-order valence-corrected chi connectivity index (χ1v) is 7.63. The van der Waals surface area contributed by atoms with E-state index in [2.05, 4.69) is 10.4 Å². The van der Waals surface area contributed by atoms with E-state index in [1.807, 2.05) is 13.0 Å². The van der Waals surface area contributed by atoms with Crippen LogP contribution in [0.1, 0.15) is 18.5 Å². The Morgan fingerprint density at radius 2 is 2.10 bits per heavy atom. The molecule has 1 unspecified atom stereocenters. The van der Waals surface area contributed by atoms with E-state index in [0.29, 0.717) is 12.4 Å². The molecule has 21 heavy (non-hydrogen) atoms. The molecule has 0 spiro atoms. The molecule has 0 radical (unpaired) electrons. The zero-order chi connectivity index (χ0) is 15.1. The quantitative estimate of drug-likeness (QED) is 0.468. The van der Waals surface area contributed by atoms with Gasteiger partial charge in [-0.15, -0.1) is 11.8 Å². The van der Waals surface area contributed by atoms with Gasteiger partial charge in [0.15, 0.2) is 0 Å². The van der Waals surface area contributed by atoms with E-state index in [1.165, 1.54) is 12.1 Å². The molecule has 0 amide bonds. The number of benzene rings is 1. The van der Waals surface area contributed by atoms with Crippen LogP contribution in [0.4, 0.5) is 4.39 Å². The highest BCUT2D eigenvalue weighted by Crippen LogP contribution is 2.25. The number of nitrogens with one attached hydrogen (secondary N) is 1. The maximum atomic E-state index is 12.9. The van der Waals surface area contributed by atoms with Crippen molar-refractivity contribution in [2.45, 2.75) is 17.9 Å². The Bertz CT molecular complexity index is 565. The van der Waals surface area contributed by atoms with Gasteiger partial charge in [0.2, 0.25) is 0 Å². The third kappa shape index (κ3) is 4.70. The summed E-state index contributed by atoms with van der Waals surface area (Å²) in [5.41, 5.74) is 3.74. The van der Waals surface area contributed by atoms with Crippen molar-refractivity contribution >= 4 is 11.8 Å². The fourth-order valence-corrected chi connectivity index (χ4v) is 2.80. The molecule has 4 nitrogen and oxygen atoms in total. The molecule has 0 aliphatic rings. The van der Waals surface area contributed by atoms with Crippen LogP contribution in [0.25, 0.3) is 0 Å². The average molecular weight is 307 g/mol. The predicted octanol–water partition coefficient (Wildman–Crippen LogP) is 2.92. The number of halogens is 1. The molecule has 1 aromatic heterocycles. The zero-order valence-corrected chi connectivity index (χ0v) is 12.6. The summed E-state index contributed by atoms with van der Waals surface area (Å²) in [5.74, 6) is 6.82. The standard InChI is InChI=1S/C15H18FN3OS/c1-2-20-13-7-11(8-18-9-13)15(19-17)10-21-14-5-3-12(16)4-6-14/h3-9,15,19H,2,10,17H2,1H3. The van der Waals surface area contributed by atoms with Gasteiger partial charge in [-0.1, -0.05) is 0 Å². The van der Waals surface area contributed by atoms with Crippen LogP contribution in [0.15, 0.2) is 47.6 Å². The van der Waals surface area contributed by atoms with Crippen molar-refractivity contribution in [1.29, 1.82) is 0 Å². The molecule has 3 N–H and O–H groups in total. The van der Waals surface area contributed by atoms with Gasteiger partial charge in [0.25, 0.3) is 0 Å². The predicted molar refractivity (Wildman–Crippen MR) is 82.6 cm³/mol. The van der Waals surface area contributed by atoms with Gasteiger partial charge in [-0.3, -0.25) is 16.3 Å². The van der Waals surface area contributed by atoms with Gasteiger partial charge >= 0.3 is 0 Å². The summed E-state index contributed by atoms with van der Waals surface area (Å²) in [7, 11) is 0. The minimum Gasteiger partial charge on any atom is -0.492 e. The van der Waals surface area contributed by atoms with Crippen LogP contribution in [-0.2, 0) is 0 Å². The van der Waals surface area contributed by atoms with Crippen LogP contribution >= 0.6 is 11.8 Å². The second-order valence-corrected chi connectivity index (χ2v) is 5.46.